The van der Waals surface area contributed by atoms with Gasteiger partial charge in [-0.2, -0.15) is 5.10 Å². The first kappa shape index (κ1) is 18.3. The first-order valence-corrected chi connectivity index (χ1v) is 8.65. The number of morpholine rings is 1. The zero-order chi connectivity index (χ0) is 18.4. The molecule has 0 aliphatic carbocycles. The van der Waals surface area contributed by atoms with Gasteiger partial charge in [-0.05, 0) is 31.2 Å². The number of carbonyl (C=O) groups excluding carboxylic acids is 1. The summed E-state index contributed by atoms with van der Waals surface area (Å²) in [5.41, 5.74) is 1.25. The fraction of sp³-hybridized carbons (Fsp3) is 0.444. The van der Waals surface area contributed by atoms with E-state index in [4.69, 9.17) is 9.47 Å². The van der Waals surface area contributed by atoms with Crippen molar-refractivity contribution in [1.29, 1.82) is 0 Å². The number of hydrogen-bond donors (Lipinski definition) is 2. The largest absolute Gasteiger partial charge is 0.494 e. The first-order valence-electron chi connectivity index (χ1n) is 8.65. The Morgan fingerprint density at radius 3 is 2.92 bits per heavy atom. The van der Waals surface area contributed by atoms with Gasteiger partial charge in [0.1, 0.15) is 0 Å². The Morgan fingerprint density at radius 2 is 2.19 bits per heavy atom. The van der Waals surface area contributed by atoms with Crippen molar-refractivity contribution < 1.29 is 18.7 Å². The van der Waals surface area contributed by atoms with Crippen molar-refractivity contribution in [1.82, 2.24) is 15.1 Å². The Bertz CT molecular complexity index is 744. The number of benzene rings is 1. The highest BCUT2D eigenvalue weighted by molar-refractivity contribution is 5.90. The van der Waals surface area contributed by atoms with Crippen molar-refractivity contribution in [3.63, 3.8) is 0 Å². The van der Waals surface area contributed by atoms with Gasteiger partial charge in [-0.25, -0.2) is 4.39 Å². The summed E-state index contributed by atoms with van der Waals surface area (Å²) >= 11 is 0. The van der Waals surface area contributed by atoms with Gasteiger partial charge in [-0.15, -0.1) is 0 Å². The molecule has 1 aliphatic heterocycles. The van der Waals surface area contributed by atoms with Crippen molar-refractivity contribution in [3.8, 4) is 17.0 Å². The number of H-pyrrole nitrogens is 1. The lowest BCUT2D eigenvalue weighted by molar-refractivity contribution is -0.116. The molecular weight excluding hydrogens is 339 g/mol. The van der Waals surface area contributed by atoms with Crippen LogP contribution in [0.4, 0.5) is 10.2 Å². The number of rotatable bonds is 7. The molecule has 1 aromatic heterocycles. The molecule has 1 amide bonds. The third kappa shape index (κ3) is 4.80. The monoisotopic (exact) mass is 362 g/mol. The highest BCUT2D eigenvalue weighted by Gasteiger charge is 2.12. The molecule has 3 rings (SSSR count). The van der Waals surface area contributed by atoms with Gasteiger partial charge < -0.3 is 14.8 Å². The maximum absolute atomic E-state index is 13.8. The van der Waals surface area contributed by atoms with Gasteiger partial charge in [0, 0.05) is 31.1 Å². The Balaban J connectivity index is 1.49. The van der Waals surface area contributed by atoms with E-state index in [-0.39, 0.29) is 11.7 Å². The van der Waals surface area contributed by atoms with Crippen LogP contribution in [0.2, 0.25) is 0 Å². The summed E-state index contributed by atoms with van der Waals surface area (Å²) in [4.78, 5) is 14.3. The van der Waals surface area contributed by atoms with Gasteiger partial charge in [0.05, 0.1) is 26.0 Å². The standard InChI is InChI=1S/C18H23FN4O3/c1-25-16-5-4-13(11-14(16)19)15-12-17(22-21-15)20-18(24)3-2-6-23-7-9-26-10-8-23/h4-5,11-12H,2-3,6-10H2,1H3,(H2,20,21,22,24). The van der Waals surface area contributed by atoms with Gasteiger partial charge in [0.2, 0.25) is 5.91 Å². The van der Waals surface area contributed by atoms with Crippen LogP contribution in [0.3, 0.4) is 0 Å². The van der Waals surface area contributed by atoms with Crippen molar-refractivity contribution in [2.24, 2.45) is 0 Å². The number of aromatic nitrogens is 2. The molecule has 0 bridgehead atoms. The minimum Gasteiger partial charge on any atom is -0.494 e. The van der Waals surface area contributed by atoms with Crippen molar-refractivity contribution in [3.05, 3.63) is 30.1 Å². The van der Waals surface area contributed by atoms with E-state index in [9.17, 15) is 9.18 Å². The second-order valence-corrected chi connectivity index (χ2v) is 6.12. The third-order valence-corrected chi connectivity index (χ3v) is 4.29. The normalized spacial score (nSPS) is 15.0. The van der Waals surface area contributed by atoms with E-state index >= 15 is 0 Å². The topological polar surface area (TPSA) is 79.5 Å². The Hall–Kier alpha value is -2.45. The molecule has 1 aliphatic rings. The molecular formula is C18H23FN4O3. The Morgan fingerprint density at radius 1 is 1.38 bits per heavy atom. The molecule has 1 fully saturated rings. The number of nitrogens with zero attached hydrogens (tertiary/aromatic N) is 2. The second kappa shape index (κ2) is 8.77. The number of amides is 1. The van der Waals surface area contributed by atoms with Crippen molar-refractivity contribution >= 4 is 11.7 Å². The average molecular weight is 362 g/mol. The summed E-state index contributed by atoms with van der Waals surface area (Å²) in [6, 6.07) is 6.32. The smallest absolute Gasteiger partial charge is 0.225 e. The molecule has 1 aromatic carbocycles. The summed E-state index contributed by atoms with van der Waals surface area (Å²) < 4.78 is 24.0. The highest BCUT2D eigenvalue weighted by Crippen LogP contribution is 2.25. The van der Waals surface area contributed by atoms with Crippen LogP contribution in [0.1, 0.15) is 12.8 Å². The molecule has 2 aromatic rings. The summed E-state index contributed by atoms with van der Waals surface area (Å²) in [6.45, 7) is 4.24. The van der Waals surface area contributed by atoms with E-state index in [1.807, 2.05) is 0 Å². The van der Waals surface area contributed by atoms with Gasteiger partial charge in [-0.1, -0.05) is 0 Å². The van der Waals surface area contributed by atoms with E-state index in [1.165, 1.54) is 13.2 Å². The molecule has 2 heterocycles. The molecule has 0 spiro atoms. The molecule has 2 N–H and O–H groups in total. The lowest BCUT2D eigenvalue weighted by Crippen LogP contribution is -2.37. The molecule has 26 heavy (non-hydrogen) atoms. The highest BCUT2D eigenvalue weighted by atomic mass is 19.1. The quantitative estimate of drug-likeness (QED) is 0.790. The second-order valence-electron chi connectivity index (χ2n) is 6.12. The minimum atomic E-state index is -0.451. The predicted molar refractivity (Wildman–Crippen MR) is 95.7 cm³/mol. The zero-order valence-corrected chi connectivity index (χ0v) is 14.8. The van der Waals surface area contributed by atoms with Crippen LogP contribution in [0.5, 0.6) is 5.75 Å². The number of halogens is 1. The summed E-state index contributed by atoms with van der Waals surface area (Å²) in [7, 11) is 1.42. The van der Waals surface area contributed by atoms with Crippen LogP contribution >= 0.6 is 0 Å². The number of methoxy groups -OCH3 is 1. The number of nitrogens with one attached hydrogen (secondary N) is 2. The number of ether oxygens (including phenoxy) is 2. The summed E-state index contributed by atoms with van der Waals surface area (Å²) in [5, 5.41) is 9.63. The number of hydrogen-bond acceptors (Lipinski definition) is 5. The summed E-state index contributed by atoms with van der Waals surface area (Å²) in [6.07, 6.45) is 1.21. The molecule has 1 saturated heterocycles. The number of carbonyl (C=O) groups is 1. The maximum atomic E-state index is 13.8. The molecule has 8 heteroatoms. The lowest BCUT2D eigenvalue weighted by atomic mass is 10.1. The SMILES string of the molecule is COc1ccc(-c2cc(NC(=O)CCCN3CCOCC3)n[nH]2)cc1F. The Labute approximate surface area is 151 Å². The minimum absolute atomic E-state index is 0.0859. The van der Waals surface area contributed by atoms with E-state index in [2.05, 4.69) is 20.4 Å². The molecule has 0 atom stereocenters. The van der Waals surface area contributed by atoms with Crippen LogP contribution in [0, 0.1) is 5.82 Å². The number of anilines is 1. The van der Waals surface area contributed by atoms with E-state index in [1.54, 1.807) is 18.2 Å². The fourth-order valence-electron chi connectivity index (χ4n) is 2.86. The Kier molecular flexibility index (Phi) is 6.19. The fourth-order valence-corrected chi connectivity index (χ4v) is 2.86. The predicted octanol–water partition coefficient (Wildman–Crippen LogP) is 2.28. The zero-order valence-electron chi connectivity index (χ0n) is 14.8. The summed E-state index contributed by atoms with van der Waals surface area (Å²) in [5.74, 6) is 0.0696. The van der Waals surface area contributed by atoms with Gasteiger partial charge in [0.15, 0.2) is 17.4 Å². The maximum Gasteiger partial charge on any atom is 0.225 e. The number of aromatic amines is 1. The lowest BCUT2D eigenvalue weighted by Gasteiger charge is -2.26. The van der Waals surface area contributed by atoms with Crippen LogP contribution in [-0.4, -0.2) is 61.0 Å². The van der Waals surface area contributed by atoms with Gasteiger partial charge in [0.25, 0.3) is 0 Å². The molecule has 0 saturated carbocycles. The van der Waals surface area contributed by atoms with Crippen LogP contribution < -0.4 is 10.1 Å². The van der Waals surface area contributed by atoms with Gasteiger partial charge in [-0.3, -0.25) is 14.8 Å². The molecule has 7 nitrogen and oxygen atoms in total. The average Bonchev–Trinajstić information content (AvgIpc) is 3.11. The van der Waals surface area contributed by atoms with Crippen LogP contribution in [0.25, 0.3) is 11.3 Å². The van der Waals surface area contributed by atoms with Crippen molar-refractivity contribution in [2.45, 2.75) is 12.8 Å². The van der Waals surface area contributed by atoms with E-state index in [0.29, 0.717) is 23.5 Å². The third-order valence-electron chi connectivity index (χ3n) is 4.29. The van der Waals surface area contributed by atoms with Crippen molar-refractivity contribution in [2.75, 3.05) is 45.3 Å². The van der Waals surface area contributed by atoms with Gasteiger partial charge >= 0.3 is 0 Å². The van der Waals surface area contributed by atoms with Crippen LogP contribution in [-0.2, 0) is 9.53 Å². The molecule has 0 unspecified atom stereocenters. The first-order chi connectivity index (χ1) is 12.7. The van der Waals surface area contributed by atoms with E-state index in [0.717, 1.165) is 39.3 Å². The molecule has 140 valence electrons. The van der Waals surface area contributed by atoms with E-state index < -0.39 is 5.82 Å². The molecule has 0 radical (unpaired) electrons. The van der Waals surface area contributed by atoms with Crippen LogP contribution in [0.15, 0.2) is 24.3 Å².